The van der Waals surface area contributed by atoms with Gasteiger partial charge in [-0.15, -0.1) is 0 Å². The number of nitrogens with one attached hydrogen (secondary N) is 2. The van der Waals surface area contributed by atoms with Gasteiger partial charge < -0.3 is 10.2 Å². The number of rotatable bonds is 7. The molecule has 23 heavy (non-hydrogen) atoms. The number of amides is 1. The molecule has 1 unspecified atom stereocenters. The first-order valence-corrected chi connectivity index (χ1v) is 7.87. The minimum absolute atomic E-state index is 0.0200. The second-order valence-electron chi connectivity index (χ2n) is 5.62. The van der Waals surface area contributed by atoms with Crippen molar-refractivity contribution in [2.45, 2.75) is 20.4 Å². The number of anilines is 1. The molecule has 0 aliphatic heterocycles. The van der Waals surface area contributed by atoms with Crippen LogP contribution in [0.2, 0.25) is 0 Å². The summed E-state index contributed by atoms with van der Waals surface area (Å²) in [5.74, 6) is 0.000645. The molecule has 2 aromatic carbocycles. The fourth-order valence-corrected chi connectivity index (χ4v) is 2.42. The van der Waals surface area contributed by atoms with Crippen LogP contribution in [0.4, 0.5) is 5.69 Å². The van der Waals surface area contributed by atoms with Crippen LogP contribution in [0.15, 0.2) is 54.6 Å². The molecule has 0 aliphatic rings. The zero-order valence-electron chi connectivity index (χ0n) is 13.6. The highest BCUT2D eigenvalue weighted by atomic mass is 16.2. The van der Waals surface area contributed by atoms with Crippen LogP contribution in [0.5, 0.6) is 0 Å². The molecule has 0 saturated carbocycles. The number of Topliss-reactive ketones (excluding diaryl/α,β-unsaturated/α-hetero) is 1. The smallest absolute Gasteiger partial charge is 0.279 e. The van der Waals surface area contributed by atoms with E-state index in [0.29, 0.717) is 12.1 Å². The largest absolute Gasteiger partial charge is 0.324 e. The summed E-state index contributed by atoms with van der Waals surface area (Å²) in [5.41, 5.74) is 2.59. The molecule has 1 atom stereocenters. The van der Waals surface area contributed by atoms with Gasteiger partial charge in [0.2, 0.25) is 0 Å². The predicted octanol–water partition coefficient (Wildman–Crippen LogP) is 1.93. The molecule has 0 heterocycles. The molecule has 0 aromatic heterocycles. The van der Waals surface area contributed by atoms with Crippen LogP contribution in [0.3, 0.4) is 0 Å². The number of quaternary nitrogens is 1. The predicted molar refractivity (Wildman–Crippen MR) is 91.6 cm³/mol. The van der Waals surface area contributed by atoms with Crippen molar-refractivity contribution in [2.24, 2.45) is 0 Å². The molecular weight excluding hydrogens is 288 g/mol. The summed E-state index contributed by atoms with van der Waals surface area (Å²) >= 11 is 0. The lowest BCUT2D eigenvalue weighted by Crippen LogP contribution is -3.11. The van der Waals surface area contributed by atoms with Crippen LogP contribution in [-0.2, 0) is 11.3 Å². The molecular formula is C19H23N2O2+. The Labute approximate surface area is 137 Å². The Kier molecular flexibility index (Phi) is 6.06. The van der Waals surface area contributed by atoms with E-state index >= 15 is 0 Å². The SMILES string of the molecule is CC[NH+](CC(=O)Nc1ccc(C(C)=O)cc1)Cc1ccccc1. The van der Waals surface area contributed by atoms with Crippen molar-refractivity contribution in [3.8, 4) is 0 Å². The maximum Gasteiger partial charge on any atom is 0.279 e. The van der Waals surface area contributed by atoms with E-state index < -0.39 is 0 Å². The molecule has 2 aromatic rings. The molecule has 0 spiro atoms. The molecule has 0 saturated heterocycles. The van der Waals surface area contributed by atoms with E-state index in [1.165, 1.54) is 17.4 Å². The minimum atomic E-state index is -0.0200. The van der Waals surface area contributed by atoms with Crippen molar-refractivity contribution < 1.29 is 14.5 Å². The lowest BCUT2D eigenvalue weighted by atomic mass is 10.1. The van der Waals surface area contributed by atoms with E-state index in [1.54, 1.807) is 24.3 Å². The monoisotopic (exact) mass is 311 g/mol. The van der Waals surface area contributed by atoms with Gasteiger partial charge in [0.15, 0.2) is 12.3 Å². The normalized spacial score (nSPS) is 11.7. The summed E-state index contributed by atoms with van der Waals surface area (Å²) in [5, 5.41) is 2.89. The summed E-state index contributed by atoms with van der Waals surface area (Å²) in [4.78, 5) is 24.6. The third kappa shape index (κ3) is 5.34. The average molecular weight is 311 g/mol. The summed E-state index contributed by atoms with van der Waals surface area (Å²) in [6.07, 6.45) is 0. The van der Waals surface area contributed by atoms with Crippen molar-refractivity contribution in [1.82, 2.24) is 0 Å². The third-order valence-electron chi connectivity index (χ3n) is 3.78. The molecule has 0 fully saturated rings. The van der Waals surface area contributed by atoms with Gasteiger partial charge in [0, 0.05) is 16.8 Å². The van der Waals surface area contributed by atoms with Gasteiger partial charge >= 0.3 is 0 Å². The minimum Gasteiger partial charge on any atom is -0.324 e. The Morgan fingerprint density at radius 3 is 2.22 bits per heavy atom. The van der Waals surface area contributed by atoms with E-state index in [1.807, 2.05) is 18.2 Å². The van der Waals surface area contributed by atoms with Crippen molar-refractivity contribution in [3.05, 3.63) is 65.7 Å². The highest BCUT2D eigenvalue weighted by molar-refractivity contribution is 5.95. The topological polar surface area (TPSA) is 50.6 Å². The van der Waals surface area contributed by atoms with Gasteiger partial charge in [-0.2, -0.15) is 0 Å². The molecule has 0 radical (unpaired) electrons. The second-order valence-corrected chi connectivity index (χ2v) is 5.62. The number of carbonyl (C=O) groups is 2. The molecule has 2 rings (SSSR count). The molecule has 120 valence electrons. The van der Waals surface area contributed by atoms with Crippen LogP contribution in [-0.4, -0.2) is 24.8 Å². The van der Waals surface area contributed by atoms with Crippen LogP contribution in [0.25, 0.3) is 0 Å². The molecule has 2 N–H and O–H groups in total. The summed E-state index contributed by atoms with van der Waals surface area (Å²) in [6, 6.07) is 17.2. The van der Waals surface area contributed by atoms with E-state index in [0.717, 1.165) is 18.8 Å². The number of carbonyl (C=O) groups excluding carboxylic acids is 2. The Balaban J connectivity index is 1.90. The number of hydrogen-bond acceptors (Lipinski definition) is 2. The maximum absolute atomic E-state index is 12.2. The molecule has 4 nitrogen and oxygen atoms in total. The van der Waals surface area contributed by atoms with Gasteiger partial charge in [-0.1, -0.05) is 30.3 Å². The number of likely N-dealkylation sites (N-methyl/N-ethyl adjacent to an activating group) is 1. The highest BCUT2D eigenvalue weighted by Crippen LogP contribution is 2.09. The molecule has 0 aliphatic carbocycles. The van der Waals surface area contributed by atoms with Gasteiger partial charge in [0.25, 0.3) is 5.91 Å². The first kappa shape index (κ1) is 16.9. The van der Waals surface area contributed by atoms with Gasteiger partial charge in [-0.25, -0.2) is 0 Å². The fourth-order valence-electron chi connectivity index (χ4n) is 2.42. The lowest BCUT2D eigenvalue weighted by molar-refractivity contribution is -0.903. The Morgan fingerprint density at radius 2 is 1.65 bits per heavy atom. The Bertz CT molecular complexity index is 651. The Hall–Kier alpha value is -2.46. The fraction of sp³-hybridized carbons (Fsp3) is 0.263. The van der Waals surface area contributed by atoms with Gasteiger partial charge in [-0.05, 0) is 38.1 Å². The van der Waals surface area contributed by atoms with Gasteiger partial charge in [0.1, 0.15) is 6.54 Å². The van der Waals surface area contributed by atoms with Crippen molar-refractivity contribution >= 4 is 17.4 Å². The summed E-state index contributed by atoms with van der Waals surface area (Å²) in [7, 11) is 0. The van der Waals surface area contributed by atoms with Crippen molar-refractivity contribution in [2.75, 3.05) is 18.4 Å². The summed E-state index contributed by atoms with van der Waals surface area (Å²) in [6.45, 7) is 5.73. The number of hydrogen-bond donors (Lipinski definition) is 2. The van der Waals surface area contributed by atoms with Gasteiger partial charge in [0.05, 0.1) is 6.54 Å². The Morgan fingerprint density at radius 1 is 1.00 bits per heavy atom. The van der Waals surface area contributed by atoms with E-state index in [-0.39, 0.29) is 11.7 Å². The highest BCUT2D eigenvalue weighted by Gasteiger charge is 2.13. The second kappa shape index (κ2) is 8.25. The van der Waals surface area contributed by atoms with Crippen LogP contribution < -0.4 is 10.2 Å². The average Bonchev–Trinajstić information content (AvgIpc) is 2.55. The maximum atomic E-state index is 12.2. The number of ketones is 1. The van der Waals surface area contributed by atoms with Crippen LogP contribution in [0.1, 0.15) is 29.8 Å². The van der Waals surface area contributed by atoms with Gasteiger partial charge in [-0.3, -0.25) is 9.59 Å². The lowest BCUT2D eigenvalue weighted by Gasteiger charge is -2.17. The first-order valence-electron chi connectivity index (χ1n) is 7.87. The van der Waals surface area contributed by atoms with E-state index in [4.69, 9.17) is 0 Å². The van der Waals surface area contributed by atoms with Crippen LogP contribution >= 0.6 is 0 Å². The van der Waals surface area contributed by atoms with E-state index in [9.17, 15) is 9.59 Å². The van der Waals surface area contributed by atoms with Crippen molar-refractivity contribution in [1.29, 1.82) is 0 Å². The summed E-state index contributed by atoms with van der Waals surface area (Å²) < 4.78 is 0. The first-order chi connectivity index (χ1) is 11.1. The third-order valence-corrected chi connectivity index (χ3v) is 3.78. The van der Waals surface area contributed by atoms with Crippen LogP contribution in [0, 0.1) is 0 Å². The zero-order chi connectivity index (χ0) is 16.7. The van der Waals surface area contributed by atoms with E-state index in [2.05, 4.69) is 24.4 Å². The molecule has 4 heteroatoms. The number of benzene rings is 2. The standard InChI is InChI=1S/C19H22N2O2/c1-3-21(13-16-7-5-4-6-8-16)14-19(23)20-18-11-9-17(10-12-18)15(2)22/h4-12H,3,13-14H2,1-2H3,(H,20,23)/p+1. The molecule has 1 amide bonds. The quantitative estimate of drug-likeness (QED) is 0.768. The molecule has 0 bridgehead atoms. The van der Waals surface area contributed by atoms with Crippen molar-refractivity contribution in [3.63, 3.8) is 0 Å². The zero-order valence-corrected chi connectivity index (χ0v) is 13.6.